The molecule has 1 N–H and O–H groups in total. The molecule has 3 heterocycles. The number of rotatable bonds is 3. The fourth-order valence-electron chi connectivity index (χ4n) is 1.73. The number of carbonyl (C=O) groups is 2. The van der Waals surface area contributed by atoms with Gasteiger partial charge in [0.2, 0.25) is 0 Å². The highest BCUT2D eigenvalue weighted by atomic mass is 32.2. The number of thiocarbonyl (C=S) groups is 1. The van der Waals surface area contributed by atoms with E-state index in [0.29, 0.717) is 14.8 Å². The van der Waals surface area contributed by atoms with Crippen molar-refractivity contribution in [2.45, 2.75) is 0 Å². The third kappa shape index (κ3) is 3.08. The van der Waals surface area contributed by atoms with Gasteiger partial charge in [0.15, 0.2) is 4.32 Å². The summed E-state index contributed by atoms with van der Waals surface area (Å²) in [5.41, 5.74) is 2.87. The molecule has 110 valence electrons. The lowest BCUT2D eigenvalue weighted by molar-refractivity contribution is -0.123. The van der Waals surface area contributed by atoms with Gasteiger partial charge in [-0.05, 0) is 41.9 Å². The van der Waals surface area contributed by atoms with Crippen molar-refractivity contribution in [1.82, 2.24) is 15.4 Å². The lowest BCUT2D eigenvalue weighted by Gasteiger charge is -2.15. The van der Waals surface area contributed by atoms with Crippen LogP contribution in [0.3, 0.4) is 0 Å². The number of hydrogen-bond donors (Lipinski definition) is 1. The fourth-order valence-corrected chi connectivity index (χ4v) is 3.63. The first-order valence-corrected chi connectivity index (χ1v) is 8.28. The molecule has 8 heteroatoms. The summed E-state index contributed by atoms with van der Waals surface area (Å²) in [6, 6.07) is 7.07. The van der Waals surface area contributed by atoms with E-state index in [1.807, 2.05) is 17.5 Å². The van der Waals surface area contributed by atoms with E-state index in [4.69, 9.17) is 12.2 Å². The smallest absolute Gasteiger partial charge is 0.267 e. The molecular formula is C14H9N3O2S3. The van der Waals surface area contributed by atoms with Gasteiger partial charge in [-0.1, -0.05) is 17.8 Å². The number of thioether (sulfide) groups is 1. The Kier molecular flexibility index (Phi) is 4.32. The van der Waals surface area contributed by atoms with Gasteiger partial charge in [0.05, 0.1) is 10.5 Å². The van der Waals surface area contributed by atoms with Crippen molar-refractivity contribution in [2.75, 3.05) is 0 Å². The van der Waals surface area contributed by atoms with Crippen LogP contribution in [0, 0.1) is 0 Å². The van der Waals surface area contributed by atoms with Crippen molar-refractivity contribution < 1.29 is 9.59 Å². The van der Waals surface area contributed by atoms with Crippen LogP contribution in [0.15, 0.2) is 46.9 Å². The summed E-state index contributed by atoms with van der Waals surface area (Å²) in [5.74, 6) is -0.762. The Labute approximate surface area is 140 Å². The molecular weight excluding hydrogens is 338 g/mol. The van der Waals surface area contributed by atoms with E-state index >= 15 is 0 Å². The molecule has 0 bridgehead atoms. The van der Waals surface area contributed by atoms with Gasteiger partial charge >= 0.3 is 0 Å². The number of nitrogens with zero attached hydrogens (tertiary/aromatic N) is 2. The largest absolute Gasteiger partial charge is 0.285 e. The maximum atomic E-state index is 12.3. The van der Waals surface area contributed by atoms with E-state index < -0.39 is 5.91 Å². The summed E-state index contributed by atoms with van der Waals surface area (Å²) >= 11 is 7.85. The molecule has 1 aliphatic heterocycles. The molecule has 1 fully saturated rings. The fraction of sp³-hybridized carbons (Fsp3) is 0. The Balaban J connectivity index is 1.76. The molecule has 2 aromatic rings. The summed E-state index contributed by atoms with van der Waals surface area (Å²) in [5, 5.41) is 3.02. The first-order chi connectivity index (χ1) is 10.6. The minimum Gasteiger partial charge on any atom is -0.267 e. The van der Waals surface area contributed by atoms with Crippen molar-refractivity contribution in [2.24, 2.45) is 0 Å². The highest BCUT2D eigenvalue weighted by molar-refractivity contribution is 8.26. The van der Waals surface area contributed by atoms with Gasteiger partial charge < -0.3 is 0 Å². The number of carbonyl (C=O) groups excluding carboxylic acids is 2. The number of aromatic nitrogens is 1. The van der Waals surface area contributed by atoms with Crippen molar-refractivity contribution in [3.8, 4) is 0 Å². The summed E-state index contributed by atoms with van der Waals surface area (Å²) < 4.78 is 0.296. The normalized spacial score (nSPS) is 16.4. The van der Waals surface area contributed by atoms with Gasteiger partial charge in [0.25, 0.3) is 11.8 Å². The van der Waals surface area contributed by atoms with Crippen LogP contribution in [0.2, 0.25) is 0 Å². The number of amides is 2. The Morgan fingerprint density at radius 2 is 2.23 bits per heavy atom. The zero-order valence-corrected chi connectivity index (χ0v) is 13.5. The Morgan fingerprint density at radius 1 is 1.36 bits per heavy atom. The summed E-state index contributed by atoms with van der Waals surface area (Å²) in [6.45, 7) is 0. The maximum absolute atomic E-state index is 12.3. The van der Waals surface area contributed by atoms with Crippen LogP contribution < -0.4 is 5.43 Å². The molecule has 0 unspecified atom stereocenters. The average molecular weight is 347 g/mol. The number of hydrogen-bond acceptors (Lipinski definition) is 6. The first kappa shape index (κ1) is 14.9. The maximum Gasteiger partial charge on any atom is 0.285 e. The second kappa shape index (κ2) is 6.39. The SMILES string of the molecule is O=C(NN1C(=O)C(=Cc2cccs2)SC1=S)c1cccnc1. The number of pyridine rings is 1. The number of thiophene rings is 1. The third-order valence-corrected chi connectivity index (χ3v) is 4.87. The predicted molar refractivity (Wildman–Crippen MR) is 91.0 cm³/mol. The van der Waals surface area contributed by atoms with E-state index in [9.17, 15) is 9.59 Å². The van der Waals surface area contributed by atoms with Crippen LogP contribution in [-0.2, 0) is 4.79 Å². The summed E-state index contributed by atoms with van der Waals surface area (Å²) in [4.78, 5) is 29.7. The molecule has 0 spiro atoms. The summed E-state index contributed by atoms with van der Waals surface area (Å²) in [7, 11) is 0. The number of nitrogens with one attached hydrogen (secondary N) is 1. The molecule has 1 aliphatic rings. The molecule has 0 atom stereocenters. The monoisotopic (exact) mass is 347 g/mol. The summed E-state index contributed by atoms with van der Waals surface area (Å²) in [6.07, 6.45) is 4.76. The van der Waals surface area contributed by atoms with Crippen LogP contribution in [0.1, 0.15) is 15.2 Å². The van der Waals surface area contributed by atoms with Crippen LogP contribution in [0.25, 0.3) is 6.08 Å². The zero-order chi connectivity index (χ0) is 15.5. The van der Waals surface area contributed by atoms with Gasteiger partial charge in [-0.3, -0.25) is 20.0 Å². The molecule has 2 amide bonds. The highest BCUT2D eigenvalue weighted by Crippen LogP contribution is 2.32. The molecule has 2 aromatic heterocycles. The topological polar surface area (TPSA) is 62.3 Å². The molecule has 22 heavy (non-hydrogen) atoms. The predicted octanol–water partition coefficient (Wildman–Crippen LogP) is 2.69. The van der Waals surface area contributed by atoms with E-state index in [1.54, 1.807) is 24.4 Å². The van der Waals surface area contributed by atoms with E-state index in [-0.39, 0.29) is 5.91 Å². The van der Waals surface area contributed by atoms with Crippen LogP contribution in [-0.4, -0.2) is 26.1 Å². The van der Waals surface area contributed by atoms with E-state index in [2.05, 4.69) is 10.4 Å². The Morgan fingerprint density at radius 3 is 2.91 bits per heavy atom. The van der Waals surface area contributed by atoms with E-state index in [1.165, 1.54) is 17.5 Å². The van der Waals surface area contributed by atoms with Crippen LogP contribution in [0.5, 0.6) is 0 Å². The molecule has 0 saturated carbocycles. The molecule has 0 aromatic carbocycles. The van der Waals surface area contributed by atoms with Crippen molar-refractivity contribution in [3.63, 3.8) is 0 Å². The van der Waals surface area contributed by atoms with E-state index in [0.717, 1.165) is 21.6 Å². The Bertz CT molecular complexity index is 757. The molecule has 5 nitrogen and oxygen atoms in total. The van der Waals surface area contributed by atoms with Crippen molar-refractivity contribution in [3.05, 3.63) is 57.4 Å². The second-order valence-electron chi connectivity index (χ2n) is 4.22. The quantitative estimate of drug-likeness (QED) is 0.683. The standard InChI is InChI=1S/C14H9N3O2S3/c18-12(9-3-1-5-15-8-9)16-17-13(19)11(22-14(17)20)7-10-4-2-6-21-10/h1-8H,(H,16,18). The minimum atomic E-state index is -0.429. The van der Waals surface area contributed by atoms with Crippen LogP contribution >= 0.6 is 35.3 Å². The van der Waals surface area contributed by atoms with Gasteiger partial charge in [-0.25, -0.2) is 0 Å². The molecule has 3 rings (SSSR count). The first-order valence-electron chi connectivity index (χ1n) is 6.17. The van der Waals surface area contributed by atoms with Crippen LogP contribution in [0.4, 0.5) is 0 Å². The molecule has 0 radical (unpaired) electrons. The zero-order valence-electron chi connectivity index (χ0n) is 11.1. The highest BCUT2D eigenvalue weighted by Gasteiger charge is 2.33. The average Bonchev–Trinajstić information content (AvgIpc) is 3.12. The van der Waals surface area contributed by atoms with Crippen molar-refractivity contribution in [1.29, 1.82) is 0 Å². The third-order valence-electron chi connectivity index (χ3n) is 2.75. The Hall–Kier alpha value is -2.03. The molecule has 0 aliphatic carbocycles. The van der Waals surface area contributed by atoms with Gasteiger partial charge in [-0.2, -0.15) is 5.01 Å². The lowest BCUT2D eigenvalue weighted by Crippen LogP contribution is -2.44. The minimum absolute atomic E-state index is 0.296. The van der Waals surface area contributed by atoms with Gasteiger partial charge in [-0.15, -0.1) is 11.3 Å². The van der Waals surface area contributed by atoms with Gasteiger partial charge in [0, 0.05) is 17.3 Å². The molecule has 1 saturated heterocycles. The second-order valence-corrected chi connectivity index (χ2v) is 6.87. The van der Waals surface area contributed by atoms with Gasteiger partial charge in [0.1, 0.15) is 0 Å². The lowest BCUT2D eigenvalue weighted by atomic mass is 10.3. The number of hydrazine groups is 1. The van der Waals surface area contributed by atoms with Crippen molar-refractivity contribution >= 4 is 57.5 Å².